The van der Waals surface area contributed by atoms with Gasteiger partial charge in [0.1, 0.15) is 5.82 Å². The fraction of sp³-hybridized carbons (Fsp3) is 0.375. The third kappa shape index (κ3) is 4.14. The molecule has 1 saturated heterocycles. The van der Waals surface area contributed by atoms with Crippen LogP contribution in [0, 0.1) is 5.82 Å². The van der Waals surface area contributed by atoms with Crippen molar-refractivity contribution in [1.29, 1.82) is 0 Å². The Morgan fingerprint density at radius 3 is 2.61 bits per heavy atom. The number of nitrogens with one attached hydrogen (secondary N) is 1. The maximum Gasteiger partial charge on any atom is 0.222 e. The Morgan fingerprint density at radius 2 is 1.91 bits per heavy atom. The summed E-state index contributed by atoms with van der Waals surface area (Å²) in [5.41, 5.74) is 7.07. The summed E-state index contributed by atoms with van der Waals surface area (Å²) in [5.74, 6) is 0.133. The highest BCUT2D eigenvalue weighted by Crippen LogP contribution is 2.22. The van der Waals surface area contributed by atoms with Crippen LogP contribution in [0.1, 0.15) is 0 Å². The molecule has 0 radical (unpaired) electrons. The molecular weight excluding hydrogens is 297 g/mol. The summed E-state index contributed by atoms with van der Waals surface area (Å²) in [4.78, 5) is 10.9. The molecule has 1 aromatic heterocycles. The Labute approximate surface area is 134 Å². The third-order valence-corrected chi connectivity index (χ3v) is 3.80. The first-order valence-electron chi connectivity index (χ1n) is 7.64. The Bertz CT molecular complexity index is 643. The molecule has 3 N–H and O–H groups in total. The number of nitrogen functional groups attached to an aromatic ring is 1. The van der Waals surface area contributed by atoms with E-state index in [1.54, 1.807) is 24.5 Å². The van der Waals surface area contributed by atoms with E-state index in [2.05, 4.69) is 20.2 Å². The maximum absolute atomic E-state index is 13.5. The minimum absolute atomic E-state index is 0.135. The topological polar surface area (TPSA) is 76.3 Å². The van der Waals surface area contributed by atoms with Gasteiger partial charge in [0.05, 0.1) is 18.9 Å². The van der Waals surface area contributed by atoms with Gasteiger partial charge in [-0.1, -0.05) is 6.07 Å². The number of rotatable bonds is 5. The van der Waals surface area contributed by atoms with Crippen LogP contribution in [0.5, 0.6) is 0 Å². The summed E-state index contributed by atoms with van der Waals surface area (Å²) in [5, 5.41) is 3.19. The van der Waals surface area contributed by atoms with Crippen molar-refractivity contribution in [2.45, 2.75) is 0 Å². The first kappa shape index (κ1) is 15.6. The molecule has 3 rings (SSSR count). The molecule has 122 valence electrons. The van der Waals surface area contributed by atoms with E-state index in [9.17, 15) is 4.39 Å². The van der Waals surface area contributed by atoms with Crippen molar-refractivity contribution >= 4 is 11.6 Å². The molecule has 0 aliphatic carbocycles. The zero-order valence-electron chi connectivity index (χ0n) is 12.8. The summed E-state index contributed by atoms with van der Waals surface area (Å²) >= 11 is 0. The highest BCUT2D eigenvalue weighted by molar-refractivity contribution is 5.64. The quantitative estimate of drug-likeness (QED) is 0.816. The van der Waals surface area contributed by atoms with E-state index in [0.717, 1.165) is 45.0 Å². The molecule has 0 unspecified atom stereocenters. The van der Waals surface area contributed by atoms with E-state index in [-0.39, 0.29) is 5.69 Å². The molecule has 0 atom stereocenters. The van der Waals surface area contributed by atoms with Crippen LogP contribution >= 0.6 is 0 Å². The van der Waals surface area contributed by atoms with Gasteiger partial charge in [-0.2, -0.15) is 0 Å². The lowest BCUT2D eigenvalue weighted by molar-refractivity contribution is 0.0398. The number of halogens is 1. The van der Waals surface area contributed by atoms with Gasteiger partial charge in [0.2, 0.25) is 5.95 Å². The largest absolute Gasteiger partial charge is 0.396 e. The standard InChI is InChI=1S/C16H20FN5O/c17-14-9-12(1-2-15(14)18)13-10-20-16(21-11-13)19-3-4-22-5-7-23-8-6-22/h1-2,9-11H,3-8,18H2,(H,19,20,21). The lowest BCUT2D eigenvalue weighted by atomic mass is 10.1. The van der Waals surface area contributed by atoms with E-state index < -0.39 is 5.82 Å². The van der Waals surface area contributed by atoms with Gasteiger partial charge in [-0.25, -0.2) is 14.4 Å². The first-order chi connectivity index (χ1) is 11.2. The number of benzene rings is 1. The predicted octanol–water partition coefficient (Wildman–Crippen LogP) is 1.61. The highest BCUT2D eigenvalue weighted by atomic mass is 19.1. The third-order valence-electron chi connectivity index (χ3n) is 3.80. The van der Waals surface area contributed by atoms with Gasteiger partial charge < -0.3 is 15.8 Å². The van der Waals surface area contributed by atoms with Crippen molar-refractivity contribution in [2.75, 3.05) is 50.4 Å². The van der Waals surface area contributed by atoms with Crippen LogP contribution in [0.2, 0.25) is 0 Å². The number of anilines is 2. The summed E-state index contributed by atoms with van der Waals surface area (Å²) in [6, 6.07) is 4.68. The molecule has 2 heterocycles. The van der Waals surface area contributed by atoms with Gasteiger partial charge in [-0.3, -0.25) is 4.90 Å². The van der Waals surface area contributed by atoms with Crippen LogP contribution in [0.15, 0.2) is 30.6 Å². The normalized spacial score (nSPS) is 15.5. The molecule has 1 aliphatic rings. The Kier molecular flexibility index (Phi) is 4.99. The highest BCUT2D eigenvalue weighted by Gasteiger charge is 2.09. The second-order valence-corrected chi connectivity index (χ2v) is 5.41. The Balaban J connectivity index is 1.55. The minimum Gasteiger partial charge on any atom is -0.396 e. The number of hydrogen-bond donors (Lipinski definition) is 2. The summed E-state index contributed by atoms with van der Waals surface area (Å²) < 4.78 is 18.8. The second-order valence-electron chi connectivity index (χ2n) is 5.41. The molecule has 1 aliphatic heterocycles. The van der Waals surface area contributed by atoms with Gasteiger partial charge >= 0.3 is 0 Å². The average molecular weight is 317 g/mol. The van der Waals surface area contributed by atoms with Crippen molar-refractivity contribution in [1.82, 2.24) is 14.9 Å². The fourth-order valence-electron chi connectivity index (χ4n) is 2.43. The SMILES string of the molecule is Nc1ccc(-c2cnc(NCCN3CCOCC3)nc2)cc1F. The Hall–Kier alpha value is -2.25. The van der Waals surface area contributed by atoms with Crippen molar-refractivity contribution < 1.29 is 9.13 Å². The van der Waals surface area contributed by atoms with Crippen LogP contribution in [-0.4, -0.2) is 54.3 Å². The smallest absolute Gasteiger partial charge is 0.222 e. The van der Waals surface area contributed by atoms with E-state index in [1.807, 2.05) is 0 Å². The van der Waals surface area contributed by atoms with Crippen molar-refractivity contribution in [3.63, 3.8) is 0 Å². The molecule has 0 bridgehead atoms. The number of aromatic nitrogens is 2. The van der Waals surface area contributed by atoms with E-state index in [0.29, 0.717) is 11.5 Å². The molecule has 23 heavy (non-hydrogen) atoms. The van der Waals surface area contributed by atoms with Gasteiger partial charge in [0.15, 0.2) is 0 Å². The molecule has 0 saturated carbocycles. The van der Waals surface area contributed by atoms with Gasteiger partial charge in [-0.15, -0.1) is 0 Å². The minimum atomic E-state index is -0.435. The summed E-state index contributed by atoms with van der Waals surface area (Å²) in [6.45, 7) is 5.22. The monoisotopic (exact) mass is 317 g/mol. The van der Waals surface area contributed by atoms with Gasteiger partial charge in [0, 0.05) is 44.1 Å². The van der Waals surface area contributed by atoms with Crippen LogP contribution in [0.3, 0.4) is 0 Å². The average Bonchev–Trinajstić information content (AvgIpc) is 2.59. The van der Waals surface area contributed by atoms with Crippen molar-refractivity contribution in [2.24, 2.45) is 0 Å². The van der Waals surface area contributed by atoms with Crippen LogP contribution in [0.25, 0.3) is 11.1 Å². The fourth-order valence-corrected chi connectivity index (χ4v) is 2.43. The summed E-state index contributed by atoms with van der Waals surface area (Å²) in [7, 11) is 0. The number of hydrogen-bond acceptors (Lipinski definition) is 6. The van der Waals surface area contributed by atoms with Gasteiger partial charge in [0.25, 0.3) is 0 Å². The molecule has 1 aromatic carbocycles. The van der Waals surface area contributed by atoms with E-state index >= 15 is 0 Å². The molecule has 0 spiro atoms. The molecule has 0 amide bonds. The van der Waals surface area contributed by atoms with Gasteiger partial charge in [-0.05, 0) is 17.7 Å². The number of nitrogens with two attached hydrogens (primary N) is 1. The maximum atomic E-state index is 13.5. The zero-order chi connectivity index (χ0) is 16.1. The van der Waals surface area contributed by atoms with Crippen molar-refractivity contribution in [3.05, 3.63) is 36.4 Å². The summed E-state index contributed by atoms with van der Waals surface area (Å²) in [6.07, 6.45) is 3.35. The zero-order valence-corrected chi connectivity index (χ0v) is 12.8. The number of nitrogens with zero attached hydrogens (tertiary/aromatic N) is 3. The lowest BCUT2D eigenvalue weighted by Crippen LogP contribution is -2.39. The van der Waals surface area contributed by atoms with Crippen LogP contribution in [-0.2, 0) is 4.74 Å². The van der Waals surface area contributed by atoms with E-state index in [4.69, 9.17) is 10.5 Å². The number of ether oxygens (including phenoxy) is 1. The van der Waals surface area contributed by atoms with E-state index in [1.165, 1.54) is 6.07 Å². The second kappa shape index (κ2) is 7.34. The molecule has 2 aromatic rings. The predicted molar refractivity (Wildman–Crippen MR) is 87.6 cm³/mol. The lowest BCUT2D eigenvalue weighted by Gasteiger charge is -2.26. The number of morpholine rings is 1. The first-order valence-corrected chi connectivity index (χ1v) is 7.64. The Morgan fingerprint density at radius 1 is 1.17 bits per heavy atom. The molecule has 1 fully saturated rings. The van der Waals surface area contributed by atoms with Crippen LogP contribution in [0.4, 0.5) is 16.0 Å². The van der Waals surface area contributed by atoms with Crippen molar-refractivity contribution in [3.8, 4) is 11.1 Å². The molecule has 7 heteroatoms. The molecular formula is C16H20FN5O. The molecule has 6 nitrogen and oxygen atoms in total. The van der Waals surface area contributed by atoms with Crippen LogP contribution < -0.4 is 11.1 Å².